The lowest BCUT2D eigenvalue weighted by Gasteiger charge is -2.42. The SMILES string of the molecule is CN(C(=O)c1ccccc1)C1C[C@H]2CC[C@@H](C1)N2c1cnc(C#N)cn1. The first-order chi connectivity index (χ1) is 12.7. The van der Waals surface area contributed by atoms with Crippen molar-refractivity contribution in [1.29, 1.82) is 5.26 Å². The molecular formula is C20H21N5O. The van der Waals surface area contributed by atoms with E-state index in [1.807, 2.05) is 48.3 Å². The molecule has 2 saturated heterocycles. The smallest absolute Gasteiger partial charge is 0.253 e. The summed E-state index contributed by atoms with van der Waals surface area (Å²) in [5.41, 5.74) is 1.08. The molecule has 132 valence electrons. The van der Waals surface area contributed by atoms with Crippen molar-refractivity contribution in [3.63, 3.8) is 0 Å². The molecule has 2 aromatic rings. The number of amides is 1. The van der Waals surface area contributed by atoms with Gasteiger partial charge in [-0.3, -0.25) is 4.79 Å². The van der Waals surface area contributed by atoms with E-state index < -0.39 is 0 Å². The molecule has 3 heterocycles. The summed E-state index contributed by atoms with van der Waals surface area (Å²) in [4.78, 5) is 25.6. The van der Waals surface area contributed by atoms with Gasteiger partial charge >= 0.3 is 0 Å². The van der Waals surface area contributed by atoms with Crippen molar-refractivity contribution in [1.82, 2.24) is 14.9 Å². The molecule has 1 amide bonds. The molecule has 2 aliphatic rings. The van der Waals surface area contributed by atoms with Crippen LogP contribution in [0.4, 0.5) is 5.82 Å². The molecule has 0 saturated carbocycles. The molecule has 0 N–H and O–H groups in total. The molecule has 26 heavy (non-hydrogen) atoms. The Morgan fingerprint density at radius 2 is 1.85 bits per heavy atom. The number of aromatic nitrogens is 2. The van der Waals surface area contributed by atoms with Crippen LogP contribution in [0.2, 0.25) is 0 Å². The second-order valence-electron chi connectivity index (χ2n) is 7.07. The topological polar surface area (TPSA) is 73.1 Å². The summed E-state index contributed by atoms with van der Waals surface area (Å²) in [7, 11) is 1.91. The monoisotopic (exact) mass is 347 g/mol. The molecule has 2 aliphatic heterocycles. The Morgan fingerprint density at radius 1 is 1.15 bits per heavy atom. The predicted octanol–water partition coefficient (Wildman–Crippen LogP) is 2.62. The zero-order valence-corrected chi connectivity index (χ0v) is 14.7. The highest BCUT2D eigenvalue weighted by Crippen LogP contribution is 2.39. The molecule has 1 unspecified atom stereocenters. The molecule has 2 bridgehead atoms. The fraction of sp³-hybridized carbons (Fsp3) is 0.400. The summed E-state index contributed by atoms with van der Waals surface area (Å²) in [6, 6.07) is 12.4. The van der Waals surface area contributed by atoms with Crippen LogP contribution in [0.3, 0.4) is 0 Å². The van der Waals surface area contributed by atoms with E-state index in [1.54, 1.807) is 6.20 Å². The van der Waals surface area contributed by atoms with Gasteiger partial charge in [0, 0.05) is 30.7 Å². The van der Waals surface area contributed by atoms with Crippen LogP contribution in [0.1, 0.15) is 41.7 Å². The molecular weight excluding hydrogens is 326 g/mol. The number of rotatable bonds is 3. The van der Waals surface area contributed by atoms with Crippen LogP contribution in [-0.4, -0.2) is 45.9 Å². The first-order valence-electron chi connectivity index (χ1n) is 9.00. The Morgan fingerprint density at radius 3 is 2.42 bits per heavy atom. The van der Waals surface area contributed by atoms with Gasteiger partial charge in [-0.2, -0.15) is 5.26 Å². The van der Waals surface area contributed by atoms with Gasteiger partial charge in [-0.1, -0.05) is 18.2 Å². The van der Waals surface area contributed by atoms with Gasteiger partial charge in [0.05, 0.1) is 12.4 Å². The van der Waals surface area contributed by atoms with Crippen molar-refractivity contribution in [2.45, 2.75) is 43.8 Å². The van der Waals surface area contributed by atoms with Gasteiger partial charge in [0.15, 0.2) is 5.69 Å². The highest BCUT2D eigenvalue weighted by Gasteiger charge is 2.43. The number of fused-ring (bicyclic) bond motifs is 2. The van der Waals surface area contributed by atoms with Crippen molar-refractivity contribution >= 4 is 11.7 Å². The normalized spacial score (nSPS) is 24.2. The summed E-state index contributed by atoms with van der Waals surface area (Å²) in [5, 5.41) is 8.89. The number of hydrogen-bond acceptors (Lipinski definition) is 5. The fourth-order valence-electron chi connectivity index (χ4n) is 4.30. The minimum atomic E-state index is 0.0848. The van der Waals surface area contributed by atoms with Gasteiger partial charge in [0.1, 0.15) is 11.9 Å². The largest absolute Gasteiger partial charge is 0.349 e. The number of benzene rings is 1. The third-order valence-electron chi connectivity index (χ3n) is 5.61. The van der Waals surface area contributed by atoms with Crippen LogP contribution >= 0.6 is 0 Å². The number of piperidine rings is 1. The Labute approximate surface area is 153 Å². The molecule has 3 atom stereocenters. The van der Waals surface area contributed by atoms with Gasteiger partial charge in [-0.25, -0.2) is 9.97 Å². The Kier molecular flexibility index (Phi) is 4.29. The Bertz CT molecular complexity index is 816. The van der Waals surface area contributed by atoms with E-state index in [0.717, 1.165) is 37.1 Å². The summed E-state index contributed by atoms with van der Waals surface area (Å²) < 4.78 is 0. The van der Waals surface area contributed by atoms with E-state index in [2.05, 4.69) is 14.9 Å². The minimum Gasteiger partial charge on any atom is -0.349 e. The summed E-state index contributed by atoms with van der Waals surface area (Å²) in [6.45, 7) is 0. The number of nitrogens with zero attached hydrogens (tertiary/aromatic N) is 5. The van der Waals surface area contributed by atoms with Crippen molar-refractivity contribution in [3.05, 3.63) is 54.0 Å². The number of nitriles is 1. The highest BCUT2D eigenvalue weighted by molar-refractivity contribution is 5.94. The lowest BCUT2D eigenvalue weighted by Crippen LogP contribution is -2.51. The summed E-state index contributed by atoms with van der Waals surface area (Å²) in [5.74, 6) is 0.925. The van der Waals surface area contributed by atoms with Gasteiger partial charge < -0.3 is 9.80 Å². The van der Waals surface area contributed by atoms with E-state index in [4.69, 9.17) is 5.26 Å². The lowest BCUT2D eigenvalue weighted by molar-refractivity contribution is 0.0693. The molecule has 6 heteroatoms. The summed E-state index contributed by atoms with van der Waals surface area (Å²) in [6.07, 6.45) is 7.32. The zero-order chi connectivity index (χ0) is 18.1. The maximum atomic E-state index is 12.8. The second-order valence-corrected chi connectivity index (χ2v) is 7.07. The van der Waals surface area contributed by atoms with E-state index in [1.165, 1.54) is 6.20 Å². The minimum absolute atomic E-state index is 0.0848. The first kappa shape index (κ1) is 16.5. The second kappa shape index (κ2) is 6.75. The average Bonchev–Trinajstić information content (AvgIpc) is 2.96. The standard InChI is InChI=1S/C20H21N5O/c1-24(20(26)14-5-3-2-4-6-14)18-9-16-7-8-17(10-18)25(16)19-13-22-15(11-21)12-23-19/h2-6,12-13,16-18H,7-10H2,1H3/t16-,17+,18?. The van der Waals surface area contributed by atoms with E-state index in [-0.39, 0.29) is 11.9 Å². The van der Waals surface area contributed by atoms with E-state index in [0.29, 0.717) is 17.8 Å². The van der Waals surface area contributed by atoms with Gasteiger partial charge in [0.25, 0.3) is 5.91 Å². The van der Waals surface area contributed by atoms with Crippen LogP contribution in [0.15, 0.2) is 42.7 Å². The molecule has 2 fully saturated rings. The Balaban J connectivity index is 1.49. The zero-order valence-electron chi connectivity index (χ0n) is 14.7. The fourth-order valence-corrected chi connectivity index (χ4v) is 4.30. The maximum Gasteiger partial charge on any atom is 0.253 e. The highest BCUT2D eigenvalue weighted by atomic mass is 16.2. The Hall–Kier alpha value is -2.94. The number of carbonyl (C=O) groups excluding carboxylic acids is 1. The quantitative estimate of drug-likeness (QED) is 0.853. The molecule has 0 aliphatic carbocycles. The van der Waals surface area contributed by atoms with Crippen LogP contribution < -0.4 is 4.90 Å². The van der Waals surface area contributed by atoms with Crippen LogP contribution in [0, 0.1) is 11.3 Å². The molecule has 4 rings (SSSR count). The lowest BCUT2D eigenvalue weighted by atomic mass is 9.95. The van der Waals surface area contributed by atoms with E-state index >= 15 is 0 Å². The van der Waals surface area contributed by atoms with Gasteiger partial charge in [0.2, 0.25) is 0 Å². The van der Waals surface area contributed by atoms with Crippen molar-refractivity contribution in [2.75, 3.05) is 11.9 Å². The first-order valence-corrected chi connectivity index (χ1v) is 9.00. The number of anilines is 1. The molecule has 1 aromatic carbocycles. The van der Waals surface area contributed by atoms with E-state index in [9.17, 15) is 4.79 Å². The molecule has 6 nitrogen and oxygen atoms in total. The van der Waals surface area contributed by atoms with Gasteiger partial charge in [-0.15, -0.1) is 0 Å². The van der Waals surface area contributed by atoms with Crippen LogP contribution in [0.25, 0.3) is 0 Å². The van der Waals surface area contributed by atoms with Crippen molar-refractivity contribution < 1.29 is 4.79 Å². The average molecular weight is 347 g/mol. The van der Waals surface area contributed by atoms with Crippen molar-refractivity contribution in [3.8, 4) is 6.07 Å². The number of carbonyl (C=O) groups is 1. The molecule has 1 aromatic heterocycles. The molecule has 0 spiro atoms. The third-order valence-corrected chi connectivity index (χ3v) is 5.61. The number of hydrogen-bond donors (Lipinski definition) is 0. The van der Waals surface area contributed by atoms with Crippen LogP contribution in [-0.2, 0) is 0 Å². The predicted molar refractivity (Wildman–Crippen MR) is 97.6 cm³/mol. The summed E-state index contributed by atoms with van der Waals surface area (Å²) >= 11 is 0. The maximum absolute atomic E-state index is 12.8. The molecule has 0 radical (unpaired) electrons. The van der Waals surface area contributed by atoms with Crippen molar-refractivity contribution in [2.24, 2.45) is 0 Å². The third kappa shape index (κ3) is 2.90. The van der Waals surface area contributed by atoms with Crippen LogP contribution in [0.5, 0.6) is 0 Å². The van der Waals surface area contributed by atoms with Gasteiger partial charge in [-0.05, 0) is 37.8 Å².